The van der Waals surface area contributed by atoms with Gasteiger partial charge < -0.3 is 10.2 Å². The molecule has 3 nitrogen and oxygen atoms in total. The minimum absolute atomic E-state index is 0.0131. The molecular formula is C21H19F7O3. The number of halogens is 7. The Kier molecular flexibility index (Phi) is 7.69. The summed E-state index contributed by atoms with van der Waals surface area (Å²) in [5.41, 5.74) is -2.33. The van der Waals surface area contributed by atoms with Crippen molar-refractivity contribution < 1.29 is 45.7 Å². The Bertz CT molecular complexity index is 857. The number of aliphatic hydroxyl groups excluding tert-OH is 1. The molecule has 0 aliphatic heterocycles. The monoisotopic (exact) mass is 452 g/mol. The standard InChI is InChI=1S/C12H13FO2.C9H6F6O/c13-9-6-4-8(5-7-9)10-2-1-3-11(10)12(14)15;10-8(11,12)6-1-5(4-16)2-7(3-6)9(13,14)15/h4-7,10-11H,1-3H2,(H,14,15);1-3,16H,4H2. The third-order valence-corrected chi connectivity index (χ3v) is 4.96. The lowest BCUT2D eigenvalue weighted by molar-refractivity contribution is -0.144. The maximum Gasteiger partial charge on any atom is 0.416 e. The predicted octanol–water partition coefficient (Wildman–Crippen LogP) is 6.01. The van der Waals surface area contributed by atoms with E-state index < -0.39 is 41.6 Å². The van der Waals surface area contributed by atoms with Gasteiger partial charge in [0, 0.05) is 0 Å². The van der Waals surface area contributed by atoms with Crippen molar-refractivity contribution in [1.82, 2.24) is 0 Å². The zero-order valence-corrected chi connectivity index (χ0v) is 16.0. The van der Waals surface area contributed by atoms with E-state index in [9.17, 15) is 35.5 Å². The number of rotatable bonds is 3. The molecule has 170 valence electrons. The summed E-state index contributed by atoms with van der Waals surface area (Å²) in [6, 6.07) is 7.16. The molecule has 0 amide bonds. The second kappa shape index (κ2) is 9.67. The predicted molar refractivity (Wildman–Crippen MR) is 96.5 cm³/mol. The molecule has 1 fully saturated rings. The fraction of sp³-hybridized carbons (Fsp3) is 0.381. The lowest BCUT2D eigenvalue weighted by Gasteiger charge is -2.15. The van der Waals surface area contributed by atoms with E-state index in [4.69, 9.17) is 10.2 Å². The molecule has 1 saturated carbocycles. The highest BCUT2D eigenvalue weighted by Crippen LogP contribution is 2.39. The Labute approximate surface area is 173 Å². The van der Waals surface area contributed by atoms with Gasteiger partial charge in [0.15, 0.2) is 0 Å². The van der Waals surface area contributed by atoms with Crippen LogP contribution in [0.1, 0.15) is 47.4 Å². The first kappa shape index (κ1) is 24.6. The van der Waals surface area contributed by atoms with Crippen molar-refractivity contribution in [1.29, 1.82) is 0 Å². The molecule has 2 N–H and O–H groups in total. The zero-order chi connectivity index (χ0) is 23.4. The van der Waals surface area contributed by atoms with Crippen LogP contribution in [0.2, 0.25) is 0 Å². The third-order valence-electron chi connectivity index (χ3n) is 4.96. The van der Waals surface area contributed by atoms with Gasteiger partial charge in [0.05, 0.1) is 23.7 Å². The summed E-state index contributed by atoms with van der Waals surface area (Å²) in [6.45, 7) is -0.882. The average Bonchev–Trinajstić information content (AvgIpc) is 3.17. The molecule has 0 aromatic heterocycles. The third kappa shape index (κ3) is 6.68. The van der Waals surface area contributed by atoms with Gasteiger partial charge in [0.1, 0.15) is 5.82 Å². The van der Waals surface area contributed by atoms with Gasteiger partial charge in [-0.05, 0) is 60.2 Å². The second-order valence-corrected chi connectivity index (χ2v) is 7.11. The summed E-state index contributed by atoms with van der Waals surface area (Å²) in [6.07, 6.45) is -7.17. The number of hydrogen-bond acceptors (Lipinski definition) is 2. The van der Waals surface area contributed by atoms with Gasteiger partial charge in [-0.2, -0.15) is 26.3 Å². The Morgan fingerprint density at radius 3 is 1.84 bits per heavy atom. The molecule has 1 aliphatic rings. The van der Waals surface area contributed by atoms with Crippen LogP contribution in [0.25, 0.3) is 0 Å². The fourth-order valence-electron chi connectivity index (χ4n) is 3.48. The van der Waals surface area contributed by atoms with Crippen molar-refractivity contribution >= 4 is 5.97 Å². The number of aliphatic hydroxyl groups is 1. The van der Waals surface area contributed by atoms with E-state index in [0.29, 0.717) is 12.1 Å². The van der Waals surface area contributed by atoms with Crippen molar-refractivity contribution in [2.75, 3.05) is 0 Å². The van der Waals surface area contributed by atoms with Gasteiger partial charge in [0.25, 0.3) is 0 Å². The van der Waals surface area contributed by atoms with Crippen LogP contribution in [-0.2, 0) is 23.8 Å². The average molecular weight is 452 g/mol. The number of hydrogen-bond donors (Lipinski definition) is 2. The molecule has 2 aromatic carbocycles. The molecule has 0 saturated heterocycles. The highest BCUT2D eigenvalue weighted by molar-refractivity contribution is 5.71. The first-order valence-electron chi connectivity index (χ1n) is 9.20. The van der Waals surface area contributed by atoms with Crippen molar-refractivity contribution in [3.05, 3.63) is 70.5 Å². The summed E-state index contributed by atoms with van der Waals surface area (Å²) >= 11 is 0. The Balaban J connectivity index is 0.000000220. The SMILES string of the molecule is O=C(O)C1CCCC1c1ccc(F)cc1.OCc1cc(C(F)(F)F)cc(C(F)(F)F)c1. The molecule has 1 aliphatic carbocycles. The molecule has 0 radical (unpaired) electrons. The zero-order valence-electron chi connectivity index (χ0n) is 16.0. The van der Waals surface area contributed by atoms with E-state index in [1.165, 1.54) is 12.1 Å². The fourth-order valence-corrected chi connectivity index (χ4v) is 3.48. The number of carbonyl (C=O) groups is 1. The first-order chi connectivity index (χ1) is 14.3. The molecule has 10 heteroatoms. The number of carboxylic acid groups (broad SMARTS) is 1. The van der Waals surface area contributed by atoms with Crippen molar-refractivity contribution in [3.63, 3.8) is 0 Å². The summed E-state index contributed by atoms with van der Waals surface area (Å²) in [5.74, 6) is -1.25. The number of alkyl halides is 6. The molecule has 3 rings (SSSR count). The smallest absolute Gasteiger partial charge is 0.416 e. The molecule has 2 aromatic rings. The summed E-state index contributed by atoms with van der Waals surface area (Å²) in [4.78, 5) is 11.0. The maximum absolute atomic E-state index is 12.7. The van der Waals surface area contributed by atoms with E-state index in [1.807, 2.05) is 0 Å². The Morgan fingerprint density at radius 2 is 1.42 bits per heavy atom. The second-order valence-electron chi connectivity index (χ2n) is 7.11. The van der Waals surface area contributed by atoms with Gasteiger partial charge in [-0.3, -0.25) is 4.79 Å². The number of carboxylic acids is 1. The highest BCUT2D eigenvalue weighted by Gasteiger charge is 2.37. The number of benzene rings is 2. The highest BCUT2D eigenvalue weighted by atomic mass is 19.4. The lowest BCUT2D eigenvalue weighted by atomic mass is 9.89. The molecule has 31 heavy (non-hydrogen) atoms. The van der Waals surface area contributed by atoms with Crippen LogP contribution >= 0.6 is 0 Å². The molecular weight excluding hydrogens is 433 g/mol. The van der Waals surface area contributed by atoms with Crippen LogP contribution in [0.15, 0.2) is 42.5 Å². The molecule has 2 atom stereocenters. The molecule has 2 unspecified atom stereocenters. The van der Waals surface area contributed by atoms with Crippen molar-refractivity contribution in [3.8, 4) is 0 Å². The largest absolute Gasteiger partial charge is 0.481 e. The van der Waals surface area contributed by atoms with Gasteiger partial charge >= 0.3 is 18.3 Å². The first-order valence-corrected chi connectivity index (χ1v) is 9.20. The van der Waals surface area contributed by atoms with E-state index >= 15 is 0 Å². The van der Waals surface area contributed by atoms with E-state index in [1.54, 1.807) is 12.1 Å². The Morgan fingerprint density at radius 1 is 0.903 bits per heavy atom. The summed E-state index contributed by atoms with van der Waals surface area (Å²) in [7, 11) is 0. The van der Waals surface area contributed by atoms with Crippen LogP contribution < -0.4 is 0 Å². The van der Waals surface area contributed by atoms with Crippen LogP contribution in [0, 0.1) is 11.7 Å². The van der Waals surface area contributed by atoms with E-state index in [0.717, 1.165) is 24.8 Å². The number of aliphatic carboxylic acids is 1. The van der Waals surface area contributed by atoms with Crippen LogP contribution in [-0.4, -0.2) is 16.2 Å². The summed E-state index contributed by atoms with van der Waals surface area (Å²) < 4.78 is 86.1. The van der Waals surface area contributed by atoms with Crippen molar-refractivity contribution in [2.24, 2.45) is 5.92 Å². The normalized spacial score (nSPS) is 19.0. The molecule has 0 bridgehead atoms. The van der Waals surface area contributed by atoms with E-state index in [-0.39, 0.29) is 23.7 Å². The topological polar surface area (TPSA) is 57.5 Å². The van der Waals surface area contributed by atoms with Crippen LogP contribution in [0.3, 0.4) is 0 Å². The lowest BCUT2D eigenvalue weighted by Crippen LogP contribution is -2.16. The van der Waals surface area contributed by atoms with E-state index in [2.05, 4.69) is 0 Å². The Hall–Kier alpha value is -2.62. The van der Waals surface area contributed by atoms with Crippen LogP contribution in [0.4, 0.5) is 30.7 Å². The van der Waals surface area contributed by atoms with Gasteiger partial charge in [-0.1, -0.05) is 18.6 Å². The quantitative estimate of drug-likeness (QED) is 0.561. The molecule has 0 spiro atoms. The van der Waals surface area contributed by atoms with Crippen molar-refractivity contribution in [2.45, 2.75) is 44.1 Å². The minimum Gasteiger partial charge on any atom is -0.481 e. The van der Waals surface area contributed by atoms with Crippen LogP contribution in [0.5, 0.6) is 0 Å². The summed E-state index contributed by atoms with van der Waals surface area (Å²) in [5, 5.41) is 17.6. The van der Waals surface area contributed by atoms with Gasteiger partial charge in [-0.25, -0.2) is 4.39 Å². The minimum atomic E-state index is -4.87. The molecule has 0 heterocycles. The van der Waals surface area contributed by atoms with Gasteiger partial charge in [0.2, 0.25) is 0 Å². The maximum atomic E-state index is 12.7. The van der Waals surface area contributed by atoms with Gasteiger partial charge in [-0.15, -0.1) is 0 Å².